The zero-order valence-corrected chi connectivity index (χ0v) is 16.0. The van der Waals surface area contributed by atoms with E-state index in [-0.39, 0.29) is 29.2 Å². The molecule has 2 N–H and O–H groups in total. The van der Waals surface area contributed by atoms with E-state index < -0.39 is 10.0 Å². The van der Waals surface area contributed by atoms with E-state index in [0.29, 0.717) is 18.7 Å². The van der Waals surface area contributed by atoms with E-state index in [9.17, 15) is 17.6 Å². The van der Waals surface area contributed by atoms with E-state index in [1.165, 1.54) is 24.3 Å². The number of halogens is 1. The van der Waals surface area contributed by atoms with Crippen LogP contribution in [0.15, 0.2) is 47.4 Å². The van der Waals surface area contributed by atoms with E-state index in [4.69, 9.17) is 5.14 Å². The van der Waals surface area contributed by atoms with Gasteiger partial charge >= 0.3 is 0 Å². The SMILES string of the molecule is CCN(CC(=O)N1c2ccc(S(N)(=O)=O)cc2C[C@@H]1C)c1ccc(F)cc1. The fourth-order valence-corrected chi connectivity index (χ4v) is 4.01. The number of carbonyl (C=O) groups is 1. The smallest absolute Gasteiger partial charge is 0.246 e. The molecule has 8 heteroatoms. The summed E-state index contributed by atoms with van der Waals surface area (Å²) in [5, 5.41) is 5.20. The van der Waals surface area contributed by atoms with Gasteiger partial charge in [0, 0.05) is 24.0 Å². The van der Waals surface area contributed by atoms with Gasteiger partial charge in [0.2, 0.25) is 15.9 Å². The van der Waals surface area contributed by atoms with Crippen molar-refractivity contribution in [3.05, 3.63) is 53.8 Å². The molecule has 0 aliphatic carbocycles. The van der Waals surface area contributed by atoms with Crippen LogP contribution < -0.4 is 14.9 Å². The summed E-state index contributed by atoms with van der Waals surface area (Å²) in [6.07, 6.45) is 0.563. The van der Waals surface area contributed by atoms with E-state index in [1.54, 1.807) is 23.1 Å². The highest BCUT2D eigenvalue weighted by Crippen LogP contribution is 2.34. The van der Waals surface area contributed by atoms with Crippen LogP contribution in [0.5, 0.6) is 0 Å². The van der Waals surface area contributed by atoms with Crippen LogP contribution in [0.2, 0.25) is 0 Å². The van der Waals surface area contributed by atoms with Crippen molar-refractivity contribution in [2.24, 2.45) is 5.14 Å². The average molecular weight is 391 g/mol. The normalized spacial score (nSPS) is 16.3. The Morgan fingerprint density at radius 3 is 2.52 bits per heavy atom. The van der Waals surface area contributed by atoms with Crippen molar-refractivity contribution in [3.63, 3.8) is 0 Å². The minimum Gasteiger partial charge on any atom is -0.362 e. The Hall–Kier alpha value is -2.45. The number of benzene rings is 2. The molecule has 0 bridgehead atoms. The number of carbonyl (C=O) groups excluding carboxylic acids is 1. The van der Waals surface area contributed by atoms with Crippen molar-refractivity contribution in [1.82, 2.24) is 0 Å². The number of hydrogen-bond donors (Lipinski definition) is 1. The summed E-state index contributed by atoms with van der Waals surface area (Å²) in [6, 6.07) is 10.5. The molecule has 27 heavy (non-hydrogen) atoms. The lowest BCUT2D eigenvalue weighted by atomic mass is 10.1. The number of sulfonamides is 1. The minimum absolute atomic E-state index is 0.0456. The third-order valence-electron chi connectivity index (χ3n) is 4.76. The summed E-state index contributed by atoms with van der Waals surface area (Å²) in [4.78, 5) is 16.6. The first kappa shape index (κ1) is 19.3. The fourth-order valence-electron chi connectivity index (χ4n) is 3.44. The molecule has 0 radical (unpaired) electrons. The molecule has 2 aromatic rings. The second-order valence-corrected chi connectivity index (χ2v) is 8.20. The van der Waals surface area contributed by atoms with E-state index in [2.05, 4.69) is 0 Å². The van der Waals surface area contributed by atoms with Crippen LogP contribution in [0.1, 0.15) is 19.4 Å². The molecule has 0 saturated carbocycles. The van der Waals surface area contributed by atoms with Crippen LogP contribution >= 0.6 is 0 Å². The van der Waals surface area contributed by atoms with Crippen LogP contribution in [0, 0.1) is 5.82 Å². The molecule has 6 nitrogen and oxygen atoms in total. The molecule has 144 valence electrons. The van der Waals surface area contributed by atoms with Gasteiger partial charge in [0.1, 0.15) is 5.82 Å². The molecule has 0 unspecified atom stereocenters. The molecular weight excluding hydrogens is 369 g/mol. The molecule has 0 saturated heterocycles. The molecule has 0 spiro atoms. The van der Waals surface area contributed by atoms with Gasteiger partial charge in [-0.25, -0.2) is 17.9 Å². The molecule has 0 fully saturated rings. The largest absolute Gasteiger partial charge is 0.362 e. The zero-order chi connectivity index (χ0) is 19.8. The lowest BCUT2D eigenvalue weighted by Crippen LogP contribution is -2.43. The Kier molecular flexibility index (Phi) is 5.21. The van der Waals surface area contributed by atoms with Crippen molar-refractivity contribution < 1.29 is 17.6 Å². The van der Waals surface area contributed by atoms with E-state index in [1.807, 2.05) is 18.7 Å². The zero-order valence-electron chi connectivity index (χ0n) is 15.2. The molecular formula is C19H22FN3O3S. The van der Waals surface area contributed by atoms with Gasteiger partial charge in [0.15, 0.2) is 0 Å². The monoisotopic (exact) mass is 391 g/mol. The summed E-state index contributed by atoms with van der Waals surface area (Å²) in [5.41, 5.74) is 2.26. The van der Waals surface area contributed by atoms with Crippen LogP contribution in [-0.4, -0.2) is 33.5 Å². The topological polar surface area (TPSA) is 83.7 Å². The average Bonchev–Trinajstić information content (AvgIpc) is 2.94. The second-order valence-electron chi connectivity index (χ2n) is 6.64. The Bertz CT molecular complexity index is 961. The number of anilines is 2. The van der Waals surface area contributed by atoms with E-state index in [0.717, 1.165) is 11.3 Å². The first-order valence-corrected chi connectivity index (χ1v) is 10.2. The van der Waals surface area contributed by atoms with Gasteiger partial charge in [0.25, 0.3) is 0 Å². The summed E-state index contributed by atoms with van der Waals surface area (Å²) in [5.74, 6) is -0.426. The molecule has 1 heterocycles. The fraction of sp³-hybridized carbons (Fsp3) is 0.316. The third-order valence-corrected chi connectivity index (χ3v) is 5.67. The molecule has 2 aromatic carbocycles. The van der Waals surface area contributed by atoms with Gasteiger partial charge < -0.3 is 9.80 Å². The first-order valence-electron chi connectivity index (χ1n) is 8.69. The number of nitrogens with two attached hydrogens (primary N) is 1. The van der Waals surface area contributed by atoms with Crippen molar-refractivity contribution in [1.29, 1.82) is 0 Å². The number of hydrogen-bond acceptors (Lipinski definition) is 4. The number of likely N-dealkylation sites (N-methyl/N-ethyl adjacent to an activating group) is 1. The van der Waals surface area contributed by atoms with Gasteiger partial charge in [-0.1, -0.05) is 0 Å². The van der Waals surface area contributed by atoms with Gasteiger partial charge in [-0.05, 0) is 68.3 Å². The number of amides is 1. The Morgan fingerprint density at radius 1 is 1.26 bits per heavy atom. The summed E-state index contributed by atoms with van der Waals surface area (Å²) < 4.78 is 36.3. The standard InChI is InChI=1S/C19H22FN3O3S/c1-3-22(16-6-4-15(20)5-7-16)12-19(24)23-13(2)10-14-11-17(27(21,25)26)8-9-18(14)23/h4-9,11,13H,3,10,12H2,1-2H3,(H2,21,25,26)/t13-/m0/s1. The maximum Gasteiger partial charge on any atom is 0.246 e. The van der Waals surface area contributed by atoms with Crippen molar-refractivity contribution in [2.75, 3.05) is 22.9 Å². The van der Waals surface area contributed by atoms with Gasteiger partial charge in [-0.2, -0.15) is 0 Å². The Morgan fingerprint density at radius 2 is 1.93 bits per heavy atom. The van der Waals surface area contributed by atoms with Crippen LogP contribution in [0.4, 0.5) is 15.8 Å². The molecule has 3 rings (SSSR count). The van der Waals surface area contributed by atoms with Gasteiger partial charge in [-0.3, -0.25) is 4.79 Å². The van der Waals surface area contributed by atoms with Gasteiger partial charge in [0.05, 0.1) is 11.4 Å². The van der Waals surface area contributed by atoms with Crippen molar-refractivity contribution >= 4 is 27.3 Å². The van der Waals surface area contributed by atoms with Crippen LogP contribution in [0.3, 0.4) is 0 Å². The lowest BCUT2D eigenvalue weighted by molar-refractivity contribution is -0.117. The molecule has 1 aliphatic heterocycles. The van der Waals surface area contributed by atoms with E-state index >= 15 is 0 Å². The number of primary sulfonamides is 1. The quantitative estimate of drug-likeness (QED) is 0.848. The molecule has 0 aromatic heterocycles. The first-order chi connectivity index (χ1) is 12.7. The number of rotatable bonds is 5. The Labute approximate surface area is 158 Å². The highest BCUT2D eigenvalue weighted by molar-refractivity contribution is 7.89. The highest BCUT2D eigenvalue weighted by atomic mass is 32.2. The summed E-state index contributed by atoms with van der Waals surface area (Å²) in [7, 11) is -3.78. The predicted octanol–water partition coefficient (Wildman–Crippen LogP) is 2.28. The van der Waals surface area contributed by atoms with Crippen molar-refractivity contribution in [2.45, 2.75) is 31.2 Å². The maximum atomic E-state index is 13.1. The van der Waals surface area contributed by atoms with Crippen LogP contribution in [-0.2, 0) is 21.2 Å². The summed E-state index contributed by atoms with van der Waals surface area (Å²) in [6.45, 7) is 4.58. The predicted molar refractivity (Wildman–Crippen MR) is 103 cm³/mol. The molecule has 1 amide bonds. The Balaban J connectivity index is 1.84. The van der Waals surface area contributed by atoms with Crippen molar-refractivity contribution in [3.8, 4) is 0 Å². The second kappa shape index (κ2) is 7.28. The lowest BCUT2D eigenvalue weighted by Gasteiger charge is -2.28. The third kappa shape index (κ3) is 3.96. The maximum absolute atomic E-state index is 13.1. The molecule has 1 aliphatic rings. The van der Waals surface area contributed by atoms with Gasteiger partial charge in [-0.15, -0.1) is 0 Å². The number of fused-ring (bicyclic) bond motifs is 1. The summed E-state index contributed by atoms with van der Waals surface area (Å²) >= 11 is 0. The number of nitrogens with zero attached hydrogens (tertiary/aromatic N) is 2. The minimum atomic E-state index is -3.78. The van der Waals surface area contributed by atoms with Crippen LogP contribution in [0.25, 0.3) is 0 Å². The molecule has 1 atom stereocenters. The highest BCUT2D eigenvalue weighted by Gasteiger charge is 2.32.